The Morgan fingerprint density at radius 1 is 0.966 bits per heavy atom. The first-order valence-corrected chi connectivity index (χ1v) is 9.90. The van der Waals surface area contributed by atoms with Crippen molar-refractivity contribution in [1.82, 2.24) is 25.2 Å². The van der Waals surface area contributed by atoms with E-state index in [0.29, 0.717) is 6.54 Å². The van der Waals surface area contributed by atoms with Crippen molar-refractivity contribution in [3.8, 4) is 0 Å². The topological polar surface area (TPSA) is 57.2 Å². The lowest BCUT2D eigenvalue weighted by Crippen LogP contribution is -2.49. The lowest BCUT2D eigenvalue weighted by atomic mass is 10.1. The summed E-state index contributed by atoms with van der Waals surface area (Å²) in [6.07, 6.45) is 7.01. The Morgan fingerprint density at radius 3 is 2.59 bits per heavy atom. The largest absolute Gasteiger partial charge is 0.353 e. The van der Waals surface area contributed by atoms with Gasteiger partial charge in [-0.25, -0.2) is 9.37 Å². The SMILES string of the molecule is Fc1cccc(C(CN2CCN(c3cnccn3)CC2)NCc2ccccn2)c1. The first kappa shape index (κ1) is 19.4. The van der Waals surface area contributed by atoms with Gasteiger partial charge in [0.1, 0.15) is 11.6 Å². The fourth-order valence-corrected chi connectivity index (χ4v) is 3.61. The molecule has 1 aliphatic heterocycles. The highest BCUT2D eigenvalue weighted by Crippen LogP contribution is 2.19. The van der Waals surface area contributed by atoms with Gasteiger partial charge >= 0.3 is 0 Å². The van der Waals surface area contributed by atoms with Gasteiger partial charge in [-0.1, -0.05) is 18.2 Å². The van der Waals surface area contributed by atoms with Crippen LogP contribution >= 0.6 is 0 Å². The Bertz CT molecular complexity index is 884. The first-order valence-electron chi connectivity index (χ1n) is 9.90. The number of hydrogen-bond acceptors (Lipinski definition) is 6. The second-order valence-electron chi connectivity index (χ2n) is 7.16. The molecule has 0 aliphatic carbocycles. The summed E-state index contributed by atoms with van der Waals surface area (Å²) in [5.74, 6) is 0.710. The van der Waals surface area contributed by atoms with E-state index in [-0.39, 0.29) is 11.9 Å². The second kappa shape index (κ2) is 9.54. The van der Waals surface area contributed by atoms with Crippen LogP contribution in [0.15, 0.2) is 67.3 Å². The van der Waals surface area contributed by atoms with Gasteiger partial charge in [-0.3, -0.25) is 14.9 Å². The molecule has 0 amide bonds. The van der Waals surface area contributed by atoms with Crippen molar-refractivity contribution in [2.75, 3.05) is 37.6 Å². The number of aromatic nitrogens is 3. The number of halogens is 1. The van der Waals surface area contributed by atoms with Gasteiger partial charge in [-0.2, -0.15) is 0 Å². The van der Waals surface area contributed by atoms with Crippen molar-refractivity contribution in [2.24, 2.45) is 0 Å². The van der Waals surface area contributed by atoms with Gasteiger partial charge in [-0.05, 0) is 29.8 Å². The standard InChI is InChI=1S/C22H25FN6/c23-19-5-3-4-18(14-19)21(27-15-20-6-1-2-7-25-20)17-28-10-12-29(13-11-28)22-16-24-8-9-26-22/h1-9,14,16,21,27H,10-13,15,17H2. The summed E-state index contributed by atoms with van der Waals surface area (Å²) >= 11 is 0. The summed E-state index contributed by atoms with van der Waals surface area (Å²) in [5.41, 5.74) is 1.93. The minimum Gasteiger partial charge on any atom is -0.353 e. The van der Waals surface area contributed by atoms with E-state index < -0.39 is 0 Å². The van der Waals surface area contributed by atoms with Crippen molar-refractivity contribution in [2.45, 2.75) is 12.6 Å². The van der Waals surface area contributed by atoms with Crippen molar-refractivity contribution in [1.29, 1.82) is 0 Å². The minimum atomic E-state index is -0.209. The molecule has 4 rings (SSSR count). The summed E-state index contributed by atoms with van der Waals surface area (Å²) in [7, 11) is 0. The Hall–Kier alpha value is -2.90. The summed E-state index contributed by atoms with van der Waals surface area (Å²) in [6, 6.07) is 12.8. The number of benzene rings is 1. The van der Waals surface area contributed by atoms with Crippen LogP contribution in [0, 0.1) is 5.82 Å². The van der Waals surface area contributed by atoms with Crippen molar-refractivity contribution >= 4 is 5.82 Å². The van der Waals surface area contributed by atoms with Crippen LogP contribution in [-0.2, 0) is 6.54 Å². The summed E-state index contributed by atoms with van der Waals surface area (Å²) in [4.78, 5) is 17.6. The van der Waals surface area contributed by atoms with E-state index in [4.69, 9.17) is 0 Å². The highest BCUT2D eigenvalue weighted by molar-refractivity contribution is 5.35. The number of hydrogen-bond donors (Lipinski definition) is 1. The second-order valence-corrected chi connectivity index (χ2v) is 7.16. The molecule has 1 aromatic carbocycles. The molecule has 0 saturated carbocycles. The Morgan fingerprint density at radius 2 is 1.86 bits per heavy atom. The Labute approximate surface area is 170 Å². The molecule has 0 radical (unpaired) electrons. The van der Waals surface area contributed by atoms with Crippen LogP contribution in [0.4, 0.5) is 10.2 Å². The average molecular weight is 392 g/mol. The van der Waals surface area contributed by atoms with Crippen LogP contribution in [-0.4, -0.2) is 52.6 Å². The lowest BCUT2D eigenvalue weighted by molar-refractivity contribution is 0.228. The van der Waals surface area contributed by atoms with Gasteiger partial charge in [0.15, 0.2) is 0 Å². The van der Waals surface area contributed by atoms with Crippen LogP contribution in [0.1, 0.15) is 17.3 Å². The van der Waals surface area contributed by atoms with Gasteiger partial charge in [0.2, 0.25) is 0 Å². The summed E-state index contributed by atoms with van der Waals surface area (Å²) < 4.78 is 13.8. The molecule has 3 heterocycles. The number of pyridine rings is 1. The average Bonchev–Trinajstić information content (AvgIpc) is 2.78. The zero-order valence-corrected chi connectivity index (χ0v) is 16.3. The lowest BCUT2D eigenvalue weighted by Gasteiger charge is -2.37. The van der Waals surface area contributed by atoms with E-state index in [0.717, 1.165) is 49.8 Å². The third-order valence-electron chi connectivity index (χ3n) is 5.19. The van der Waals surface area contributed by atoms with E-state index >= 15 is 0 Å². The monoisotopic (exact) mass is 392 g/mol. The number of rotatable bonds is 7. The van der Waals surface area contributed by atoms with Crippen LogP contribution in [0.25, 0.3) is 0 Å². The highest BCUT2D eigenvalue weighted by Gasteiger charge is 2.22. The summed E-state index contributed by atoms with van der Waals surface area (Å²) in [5, 5.41) is 3.56. The van der Waals surface area contributed by atoms with E-state index in [2.05, 4.69) is 30.1 Å². The van der Waals surface area contributed by atoms with Crippen LogP contribution in [0.5, 0.6) is 0 Å². The predicted octanol–water partition coefficient (Wildman–Crippen LogP) is 2.66. The smallest absolute Gasteiger partial charge is 0.147 e. The molecule has 2 aromatic heterocycles. The van der Waals surface area contributed by atoms with Gasteiger partial charge in [-0.15, -0.1) is 0 Å². The molecule has 1 unspecified atom stereocenters. The molecule has 0 bridgehead atoms. The maximum Gasteiger partial charge on any atom is 0.147 e. The molecule has 1 saturated heterocycles. The van der Waals surface area contributed by atoms with Crippen molar-refractivity contribution in [3.05, 3.63) is 84.3 Å². The molecule has 1 atom stereocenters. The molecular formula is C22H25FN6. The van der Waals surface area contributed by atoms with Crippen LogP contribution in [0.2, 0.25) is 0 Å². The molecule has 1 N–H and O–H groups in total. The molecule has 7 heteroatoms. The third-order valence-corrected chi connectivity index (χ3v) is 5.19. The van der Waals surface area contributed by atoms with E-state index in [9.17, 15) is 4.39 Å². The maximum atomic E-state index is 13.8. The number of anilines is 1. The van der Waals surface area contributed by atoms with Gasteiger partial charge in [0.25, 0.3) is 0 Å². The minimum absolute atomic E-state index is 0.0239. The van der Waals surface area contributed by atoms with Gasteiger partial charge in [0, 0.05) is 63.9 Å². The van der Waals surface area contributed by atoms with Crippen LogP contribution < -0.4 is 10.2 Å². The van der Waals surface area contributed by atoms with Crippen LogP contribution in [0.3, 0.4) is 0 Å². The predicted molar refractivity (Wildman–Crippen MR) is 111 cm³/mol. The molecule has 1 fully saturated rings. The molecule has 0 spiro atoms. The number of nitrogens with one attached hydrogen (secondary N) is 1. The van der Waals surface area contributed by atoms with Crippen molar-refractivity contribution in [3.63, 3.8) is 0 Å². The number of piperazine rings is 1. The molecule has 150 valence electrons. The van der Waals surface area contributed by atoms with E-state index in [1.54, 1.807) is 36.9 Å². The fourth-order valence-electron chi connectivity index (χ4n) is 3.61. The molecule has 1 aliphatic rings. The van der Waals surface area contributed by atoms with Crippen molar-refractivity contribution < 1.29 is 4.39 Å². The third kappa shape index (κ3) is 5.34. The summed E-state index contributed by atoms with van der Waals surface area (Å²) in [6.45, 7) is 5.09. The number of nitrogens with zero attached hydrogens (tertiary/aromatic N) is 5. The van der Waals surface area contributed by atoms with E-state index in [1.165, 1.54) is 6.07 Å². The molecule has 29 heavy (non-hydrogen) atoms. The Balaban J connectivity index is 1.40. The maximum absolute atomic E-state index is 13.8. The molecular weight excluding hydrogens is 367 g/mol. The molecule has 6 nitrogen and oxygen atoms in total. The van der Waals surface area contributed by atoms with E-state index in [1.807, 2.05) is 24.3 Å². The first-order chi connectivity index (χ1) is 14.3. The highest BCUT2D eigenvalue weighted by atomic mass is 19.1. The molecule has 3 aromatic rings. The quantitative estimate of drug-likeness (QED) is 0.667. The van der Waals surface area contributed by atoms with Gasteiger partial charge < -0.3 is 10.2 Å². The Kier molecular flexibility index (Phi) is 6.38. The normalized spacial score (nSPS) is 16.0. The zero-order chi connectivity index (χ0) is 19.9. The van der Waals surface area contributed by atoms with Gasteiger partial charge in [0.05, 0.1) is 11.9 Å². The zero-order valence-electron chi connectivity index (χ0n) is 16.3. The fraction of sp³-hybridized carbons (Fsp3) is 0.318.